The predicted octanol–water partition coefficient (Wildman–Crippen LogP) is 6.32. The van der Waals surface area contributed by atoms with Crippen LogP contribution in [0.1, 0.15) is 49.9 Å². The van der Waals surface area contributed by atoms with Crippen LogP contribution in [0, 0.1) is 5.82 Å². The molecule has 0 aliphatic carbocycles. The normalized spacial score (nSPS) is 16.9. The first-order valence-corrected chi connectivity index (χ1v) is 12.0. The fourth-order valence-electron chi connectivity index (χ4n) is 4.53. The van der Waals surface area contributed by atoms with E-state index in [-0.39, 0.29) is 31.7 Å². The minimum absolute atomic E-state index is 0.00228. The second-order valence-corrected chi connectivity index (χ2v) is 8.61. The molecule has 0 spiro atoms. The Kier molecular flexibility index (Phi) is 8.95. The lowest BCUT2D eigenvalue weighted by Crippen LogP contribution is -2.47. The number of methoxy groups -OCH3 is 2. The second-order valence-electron chi connectivity index (χ2n) is 8.61. The second kappa shape index (κ2) is 11.8. The van der Waals surface area contributed by atoms with Crippen molar-refractivity contribution in [3.63, 3.8) is 0 Å². The van der Waals surface area contributed by atoms with Gasteiger partial charge in [-0.15, -0.1) is 0 Å². The van der Waals surface area contributed by atoms with E-state index in [1.807, 2.05) is 0 Å². The van der Waals surface area contributed by atoms with Crippen LogP contribution in [0.25, 0.3) is 0 Å². The summed E-state index contributed by atoms with van der Waals surface area (Å²) < 4.78 is 75.5. The molecule has 1 heterocycles. The maximum atomic E-state index is 14.2. The summed E-state index contributed by atoms with van der Waals surface area (Å²) in [7, 11) is 2.85. The molecule has 1 aliphatic rings. The van der Waals surface area contributed by atoms with Gasteiger partial charge in [0.05, 0.1) is 44.7 Å². The molecule has 208 valence electrons. The number of carbonyl (C=O) groups excluding carboxylic acids is 2. The van der Waals surface area contributed by atoms with Gasteiger partial charge < -0.3 is 18.9 Å². The highest BCUT2D eigenvalue weighted by Gasteiger charge is 2.41. The van der Waals surface area contributed by atoms with Crippen LogP contribution in [-0.2, 0) is 22.2 Å². The van der Waals surface area contributed by atoms with Crippen LogP contribution in [0.15, 0.2) is 30.3 Å². The molecule has 0 saturated heterocycles. The van der Waals surface area contributed by atoms with Gasteiger partial charge in [0, 0.05) is 24.2 Å². The smallest absolute Gasteiger partial charge is 0.416 e. The average Bonchev–Trinajstić information content (AvgIpc) is 2.85. The van der Waals surface area contributed by atoms with E-state index in [4.69, 9.17) is 18.9 Å². The van der Waals surface area contributed by atoms with Gasteiger partial charge in [-0.1, -0.05) is 0 Å². The van der Waals surface area contributed by atoms with Crippen molar-refractivity contribution in [2.24, 2.45) is 0 Å². The van der Waals surface area contributed by atoms with Crippen molar-refractivity contribution in [1.82, 2.24) is 4.90 Å². The Balaban J connectivity index is 2.17. The van der Waals surface area contributed by atoms with Crippen molar-refractivity contribution in [3.8, 4) is 11.5 Å². The van der Waals surface area contributed by atoms with Gasteiger partial charge in [0.2, 0.25) is 0 Å². The fourth-order valence-corrected chi connectivity index (χ4v) is 4.53. The number of halogens is 4. The van der Waals surface area contributed by atoms with E-state index in [1.165, 1.54) is 24.0 Å². The number of hydrogen-bond acceptors (Lipinski definition) is 6. The quantitative estimate of drug-likeness (QED) is 0.382. The number of benzene rings is 2. The van der Waals surface area contributed by atoms with Gasteiger partial charge in [0.1, 0.15) is 5.82 Å². The highest BCUT2D eigenvalue weighted by atomic mass is 19.4. The van der Waals surface area contributed by atoms with Crippen LogP contribution >= 0.6 is 0 Å². The third-order valence-electron chi connectivity index (χ3n) is 6.14. The van der Waals surface area contributed by atoms with Crippen molar-refractivity contribution < 1.29 is 46.1 Å². The summed E-state index contributed by atoms with van der Waals surface area (Å²) in [5, 5.41) is 0. The Morgan fingerprint density at radius 2 is 1.63 bits per heavy atom. The van der Waals surface area contributed by atoms with Crippen molar-refractivity contribution in [2.75, 3.05) is 32.3 Å². The average molecular weight is 543 g/mol. The third kappa shape index (κ3) is 6.05. The first-order chi connectivity index (χ1) is 17.9. The molecule has 2 amide bonds. The van der Waals surface area contributed by atoms with Crippen LogP contribution < -0.4 is 14.4 Å². The van der Waals surface area contributed by atoms with E-state index in [0.717, 1.165) is 12.1 Å². The maximum Gasteiger partial charge on any atom is 0.416 e. The van der Waals surface area contributed by atoms with Crippen LogP contribution in [0.4, 0.5) is 32.8 Å². The Labute approximate surface area is 218 Å². The molecule has 0 unspecified atom stereocenters. The lowest BCUT2D eigenvalue weighted by Gasteiger charge is -2.42. The summed E-state index contributed by atoms with van der Waals surface area (Å²) in [6.45, 7) is 4.75. The zero-order chi connectivity index (χ0) is 28.2. The van der Waals surface area contributed by atoms with Gasteiger partial charge in [-0.2, -0.15) is 13.2 Å². The molecule has 1 aliphatic heterocycles. The van der Waals surface area contributed by atoms with E-state index < -0.39 is 41.8 Å². The van der Waals surface area contributed by atoms with E-state index in [2.05, 4.69) is 0 Å². The first kappa shape index (κ1) is 28.9. The lowest BCUT2D eigenvalue weighted by molar-refractivity contribution is -0.137. The lowest BCUT2D eigenvalue weighted by atomic mass is 9.90. The number of alkyl halides is 3. The largest absolute Gasteiger partial charge is 0.493 e. The zero-order valence-corrected chi connectivity index (χ0v) is 21.7. The molecule has 0 fully saturated rings. The first-order valence-electron chi connectivity index (χ1n) is 12.0. The van der Waals surface area contributed by atoms with E-state index in [0.29, 0.717) is 28.8 Å². The highest BCUT2D eigenvalue weighted by Crippen LogP contribution is 2.46. The summed E-state index contributed by atoms with van der Waals surface area (Å²) in [4.78, 5) is 28.7. The summed E-state index contributed by atoms with van der Waals surface area (Å²) in [5.74, 6) is -0.462. The molecule has 0 radical (unpaired) electrons. The molecule has 3 rings (SSSR count). The Morgan fingerprint density at radius 1 is 1.00 bits per heavy atom. The summed E-state index contributed by atoms with van der Waals surface area (Å²) >= 11 is 0. The molecule has 2 atom stereocenters. The number of ether oxygens (including phenoxy) is 4. The van der Waals surface area contributed by atoms with Crippen LogP contribution in [0.2, 0.25) is 0 Å². The maximum absolute atomic E-state index is 14.2. The highest BCUT2D eigenvalue weighted by molar-refractivity contribution is 5.91. The number of amides is 2. The van der Waals surface area contributed by atoms with E-state index >= 15 is 0 Å². The van der Waals surface area contributed by atoms with Crippen molar-refractivity contribution in [1.29, 1.82) is 0 Å². The molecule has 12 heteroatoms. The molecular weight excluding hydrogens is 512 g/mol. The fraction of sp³-hybridized carbons (Fsp3) is 0.462. The third-order valence-corrected chi connectivity index (χ3v) is 6.14. The van der Waals surface area contributed by atoms with Gasteiger partial charge in [0.15, 0.2) is 11.5 Å². The number of nitrogens with zero attached hydrogens (tertiary/aromatic N) is 2. The standard InChI is InChI=1S/C26H30F4N2O6/c1-6-37-24(33)31(14-16-9-17(26(28,29)30)11-18(27)10-16)20-8-15(3)32(25(34)38-7-2)21-13-23(36-5)22(35-4)12-19(20)21/h9-13,15,20H,6-8,14H2,1-5H3/t15-,20+/m1/s1. The van der Waals surface area contributed by atoms with Crippen LogP contribution in [0.5, 0.6) is 11.5 Å². The summed E-state index contributed by atoms with van der Waals surface area (Å²) in [5.41, 5.74) is -0.426. The van der Waals surface area contributed by atoms with Crippen molar-refractivity contribution in [3.05, 3.63) is 52.8 Å². The number of anilines is 1. The monoisotopic (exact) mass is 542 g/mol. The van der Waals surface area contributed by atoms with Gasteiger partial charge >= 0.3 is 18.4 Å². The molecule has 0 aromatic heterocycles. The molecule has 2 aromatic carbocycles. The van der Waals surface area contributed by atoms with Crippen molar-refractivity contribution in [2.45, 2.75) is 52.0 Å². The van der Waals surface area contributed by atoms with E-state index in [1.54, 1.807) is 32.9 Å². The molecule has 8 nitrogen and oxygen atoms in total. The van der Waals surface area contributed by atoms with E-state index in [9.17, 15) is 27.2 Å². The molecule has 2 aromatic rings. The van der Waals surface area contributed by atoms with Gasteiger partial charge in [0.25, 0.3) is 0 Å². The van der Waals surface area contributed by atoms with Crippen LogP contribution in [0.3, 0.4) is 0 Å². The SMILES string of the molecule is CCOC(=O)N(Cc1cc(F)cc(C(F)(F)F)c1)[C@H]1C[C@@H](C)N(C(=O)OCC)c2cc(OC)c(OC)cc21. The summed E-state index contributed by atoms with van der Waals surface area (Å²) in [6.07, 6.45) is -6.02. The number of hydrogen-bond donors (Lipinski definition) is 0. The van der Waals surface area contributed by atoms with Crippen LogP contribution in [-0.4, -0.2) is 50.6 Å². The van der Waals surface area contributed by atoms with Crippen molar-refractivity contribution >= 4 is 17.9 Å². The molecule has 0 N–H and O–H groups in total. The molecular formula is C26H30F4N2O6. The predicted molar refractivity (Wildman–Crippen MR) is 130 cm³/mol. The Bertz CT molecular complexity index is 1170. The minimum Gasteiger partial charge on any atom is -0.493 e. The molecule has 0 saturated carbocycles. The summed E-state index contributed by atoms with van der Waals surface area (Å²) in [6, 6.07) is 4.01. The van der Waals surface area contributed by atoms with Gasteiger partial charge in [-0.25, -0.2) is 14.0 Å². The topological polar surface area (TPSA) is 77.5 Å². The minimum atomic E-state index is -4.78. The van der Waals surface area contributed by atoms with Gasteiger partial charge in [-0.05, 0) is 57.0 Å². The Morgan fingerprint density at radius 3 is 2.21 bits per heavy atom. The zero-order valence-electron chi connectivity index (χ0n) is 21.7. The molecule has 38 heavy (non-hydrogen) atoms. The number of fused-ring (bicyclic) bond motifs is 1. The van der Waals surface area contributed by atoms with Gasteiger partial charge in [-0.3, -0.25) is 9.80 Å². The molecule has 0 bridgehead atoms. The number of carbonyl (C=O) groups is 2. The Hall–Kier alpha value is -3.70. The number of rotatable bonds is 7.